The van der Waals surface area contributed by atoms with E-state index in [1.54, 1.807) is 6.07 Å². The van der Waals surface area contributed by atoms with Crippen LogP contribution in [-0.4, -0.2) is 30.6 Å². The Morgan fingerprint density at radius 1 is 1.39 bits per heavy atom. The minimum atomic E-state index is 0.116. The van der Waals surface area contributed by atoms with Crippen LogP contribution in [0, 0.1) is 11.3 Å². The smallest absolute Gasteiger partial charge is 0.137 e. The van der Waals surface area contributed by atoms with Gasteiger partial charge in [-0.2, -0.15) is 5.26 Å². The maximum atomic E-state index is 9.05. The summed E-state index contributed by atoms with van der Waals surface area (Å²) >= 11 is 0. The zero-order valence-electron chi connectivity index (χ0n) is 11.1. The van der Waals surface area contributed by atoms with Crippen molar-refractivity contribution >= 4 is 0 Å². The average Bonchev–Trinajstić information content (AvgIpc) is 2.39. The molecule has 18 heavy (non-hydrogen) atoms. The third-order valence-corrected chi connectivity index (χ3v) is 3.69. The molecule has 2 unspecified atom stereocenters. The van der Waals surface area contributed by atoms with Crippen molar-refractivity contribution in [2.45, 2.75) is 38.3 Å². The van der Waals surface area contributed by atoms with E-state index in [1.807, 2.05) is 18.2 Å². The fourth-order valence-corrected chi connectivity index (χ4v) is 2.63. The van der Waals surface area contributed by atoms with Crippen LogP contribution in [0.2, 0.25) is 0 Å². The van der Waals surface area contributed by atoms with Crippen molar-refractivity contribution in [2.75, 3.05) is 13.6 Å². The summed E-state index contributed by atoms with van der Waals surface area (Å²) in [7, 11) is 2.15. The lowest BCUT2D eigenvalue weighted by Crippen LogP contribution is -2.45. The van der Waals surface area contributed by atoms with Crippen molar-refractivity contribution in [2.24, 2.45) is 0 Å². The Morgan fingerprint density at radius 3 is 2.89 bits per heavy atom. The molecule has 0 aromatic heterocycles. The summed E-state index contributed by atoms with van der Waals surface area (Å²) in [5, 5.41) is 9.05. The SMILES string of the molecule is CC(Oc1ccccc1C#N)C1CCCCN1C. The molecule has 1 fully saturated rings. The van der Waals surface area contributed by atoms with Gasteiger partial charge in [0.05, 0.1) is 5.56 Å². The molecule has 0 amide bonds. The molecule has 1 aliphatic heterocycles. The van der Waals surface area contributed by atoms with Gasteiger partial charge in [0.15, 0.2) is 0 Å². The summed E-state index contributed by atoms with van der Waals surface area (Å²) in [5.41, 5.74) is 0.614. The zero-order chi connectivity index (χ0) is 13.0. The first-order chi connectivity index (χ1) is 8.72. The molecule has 1 aromatic rings. The Kier molecular flexibility index (Phi) is 4.22. The topological polar surface area (TPSA) is 36.3 Å². The molecule has 0 bridgehead atoms. The van der Waals surface area contributed by atoms with Gasteiger partial charge >= 0.3 is 0 Å². The van der Waals surface area contributed by atoms with Crippen LogP contribution in [0.25, 0.3) is 0 Å². The van der Waals surface area contributed by atoms with Crippen LogP contribution >= 0.6 is 0 Å². The molecule has 3 nitrogen and oxygen atoms in total. The number of para-hydroxylation sites is 1. The molecule has 3 heteroatoms. The van der Waals surface area contributed by atoms with Gasteiger partial charge in [-0.25, -0.2) is 0 Å². The summed E-state index contributed by atoms with van der Waals surface area (Å²) in [6.45, 7) is 3.24. The Labute approximate surface area is 109 Å². The Morgan fingerprint density at radius 2 is 2.17 bits per heavy atom. The third-order valence-electron chi connectivity index (χ3n) is 3.69. The van der Waals surface area contributed by atoms with E-state index < -0.39 is 0 Å². The largest absolute Gasteiger partial charge is 0.488 e. The van der Waals surface area contributed by atoms with Crippen molar-refractivity contribution in [1.29, 1.82) is 5.26 Å². The van der Waals surface area contributed by atoms with Crippen LogP contribution in [0.1, 0.15) is 31.7 Å². The molecular weight excluding hydrogens is 224 g/mol. The van der Waals surface area contributed by atoms with Gasteiger partial charge in [-0.05, 0) is 45.5 Å². The molecule has 0 N–H and O–H groups in total. The van der Waals surface area contributed by atoms with Gasteiger partial charge in [0.1, 0.15) is 17.9 Å². The number of ether oxygens (including phenoxy) is 1. The van der Waals surface area contributed by atoms with Gasteiger partial charge in [-0.3, -0.25) is 4.90 Å². The quantitative estimate of drug-likeness (QED) is 0.820. The number of nitrogens with zero attached hydrogens (tertiary/aromatic N) is 2. The van der Waals surface area contributed by atoms with Gasteiger partial charge in [0.25, 0.3) is 0 Å². The van der Waals surface area contributed by atoms with Crippen LogP contribution in [0.5, 0.6) is 5.75 Å². The van der Waals surface area contributed by atoms with E-state index in [0.29, 0.717) is 17.4 Å². The van der Waals surface area contributed by atoms with Crippen molar-refractivity contribution in [1.82, 2.24) is 4.90 Å². The second-order valence-electron chi connectivity index (χ2n) is 4.97. The van der Waals surface area contributed by atoms with Gasteiger partial charge in [-0.15, -0.1) is 0 Å². The first-order valence-corrected chi connectivity index (χ1v) is 6.58. The zero-order valence-corrected chi connectivity index (χ0v) is 11.1. The summed E-state index contributed by atoms with van der Waals surface area (Å²) in [6.07, 6.45) is 3.83. The predicted octanol–water partition coefficient (Wildman–Crippen LogP) is 2.81. The number of hydrogen-bond acceptors (Lipinski definition) is 3. The molecule has 0 radical (unpaired) electrons. The molecule has 0 aliphatic carbocycles. The van der Waals surface area contributed by atoms with E-state index in [0.717, 1.165) is 6.54 Å². The fourth-order valence-electron chi connectivity index (χ4n) is 2.63. The molecule has 1 saturated heterocycles. The van der Waals surface area contributed by atoms with E-state index >= 15 is 0 Å². The van der Waals surface area contributed by atoms with Crippen molar-refractivity contribution < 1.29 is 4.74 Å². The predicted molar refractivity (Wildman–Crippen MR) is 71.5 cm³/mol. The van der Waals surface area contributed by atoms with Gasteiger partial charge in [0.2, 0.25) is 0 Å². The van der Waals surface area contributed by atoms with Gasteiger partial charge in [-0.1, -0.05) is 18.6 Å². The number of likely N-dealkylation sites (N-methyl/N-ethyl adjacent to an activating group) is 1. The Balaban J connectivity index is 2.06. The Bertz CT molecular complexity index is 438. The highest BCUT2D eigenvalue weighted by molar-refractivity contribution is 5.42. The first kappa shape index (κ1) is 12.9. The molecular formula is C15H20N2O. The van der Waals surface area contributed by atoms with Crippen molar-refractivity contribution in [3.63, 3.8) is 0 Å². The van der Waals surface area contributed by atoms with Crippen LogP contribution < -0.4 is 4.74 Å². The summed E-state index contributed by atoms with van der Waals surface area (Å²) in [4.78, 5) is 2.36. The van der Waals surface area contributed by atoms with E-state index in [-0.39, 0.29) is 6.10 Å². The monoisotopic (exact) mass is 244 g/mol. The highest BCUT2D eigenvalue weighted by Crippen LogP contribution is 2.24. The second kappa shape index (κ2) is 5.88. The maximum Gasteiger partial charge on any atom is 0.137 e. The highest BCUT2D eigenvalue weighted by atomic mass is 16.5. The number of rotatable bonds is 3. The van der Waals surface area contributed by atoms with Gasteiger partial charge in [0, 0.05) is 6.04 Å². The van der Waals surface area contributed by atoms with Crippen LogP contribution in [0.3, 0.4) is 0 Å². The number of nitriles is 1. The van der Waals surface area contributed by atoms with E-state index in [2.05, 4.69) is 24.9 Å². The lowest BCUT2D eigenvalue weighted by Gasteiger charge is -2.36. The van der Waals surface area contributed by atoms with Crippen LogP contribution in [0.4, 0.5) is 0 Å². The minimum Gasteiger partial charge on any atom is -0.488 e. The number of hydrogen-bond donors (Lipinski definition) is 0. The minimum absolute atomic E-state index is 0.116. The molecule has 96 valence electrons. The molecule has 1 heterocycles. The molecule has 1 aliphatic rings. The molecule has 2 rings (SSSR count). The van der Waals surface area contributed by atoms with Crippen LogP contribution in [-0.2, 0) is 0 Å². The van der Waals surface area contributed by atoms with E-state index in [1.165, 1.54) is 19.3 Å². The summed E-state index contributed by atoms with van der Waals surface area (Å²) < 4.78 is 5.98. The van der Waals surface area contributed by atoms with E-state index in [4.69, 9.17) is 10.00 Å². The van der Waals surface area contributed by atoms with E-state index in [9.17, 15) is 0 Å². The summed E-state index contributed by atoms with van der Waals surface area (Å²) in [6, 6.07) is 10.1. The van der Waals surface area contributed by atoms with Gasteiger partial charge < -0.3 is 4.74 Å². The Hall–Kier alpha value is -1.53. The first-order valence-electron chi connectivity index (χ1n) is 6.58. The van der Waals surface area contributed by atoms with Crippen molar-refractivity contribution in [3.8, 4) is 11.8 Å². The lowest BCUT2D eigenvalue weighted by molar-refractivity contribution is 0.0684. The van der Waals surface area contributed by atoms with Crippen LogP contribution in [0.15, 0.2) is 24.3 Å². The lowest BCUT2D eigenvalue weighted by atomic mass is 9.99. The summed E-state index contributed by atoms with van der Waals surface area (Å²) in [5.74, 6) is 0.700. The number of benzene rings is 1. The second-order valence-corrected chi connectivity index (χ2v) is 4.97. The third kappa shape index (κ3) is 2.83. The molecule has 0 saturated carbocycles. The maximum absolute atomic E-state index is 9.05. The average molecular weight is 244 g/mol. The van der Waals surface area contributed by atoms with Crippen molar-refractivity contribution in [3.05, 3.63) is 29.8 Å². The molecule has 1 aromatic carbocycles. The standard InChI is InChI=1S/C15H20N2O/c1-12(14-8-5-6-10-17(14)2)18-15-9-4-3-7-13(15)11-16/h3-4,7,9,12,14H,5-6,8,10H2,1-2H3. The highest BCUT2D eigenvalue weighted by Gasteiger charge is 2.26. The fraction of sp³-hybridized carbons (Fsp3) is 0.533. The number of piperidine rings is 1. The molecule has 2 atom stereocenters. The normalized spacial score (nSPS) is 22.2. The number of likely N-dealkylation sites (tertiary alicyclic amines) is 1. The molecule has 0 spiro atoms.